The Bertz CT molecular complexity index is 1060. The minimum absolute atomic E-state index is 0.131. The van der Waals surface area contributed by atoms with E-state index in [4.69, 9.17) is 0 Å². The predicted molar refractivity (Wildman–Crippen MR) is 100.0 cm³/mol. The van der Waals surface area contributed by atoms with Crippen LogP contribution in [0.25, 0.3) is 5.95 Å². The average molecular weight is 367 g/mol. The van der Waals surface area contributed by atoms with Crippen molar-refractivity contribution in [3.8, 4) is 5.95 Å². The van der Waals surface area contributed by atoms with Crippen LogP contribution in [0.3, 0.4) is 0 Å². The van der Waals surface area contributed by atoms with Crippen molar-refractivity contribution in [2.24, 2.45) is 0 Å². The highest BCUT2D eigenvalue weighted by atomic mass is 16.2. The smallest absolute Gasteiger partial charge is 0.256 e. The molecule has 140 valence electrons. The normalized spacial score (nSPS) is 10.9. The van der Waals surface area contributed by atoms with Gasteiger partial charge in [0.1, 0.15) is 12.4 Å². The van der Waals surface area contributed by atoms with Gasteiger partial charge in [0, 0.05) is 17.0 Å². The fraction of sp³-hybridized carbons (Fsp3) is 0.333. The highest BCUT2D eigenvalue weighted by Crippen LogP contribution is 2.14. The Morgan fingerprint density at radius 1 is 1.04 bits per heavy atom. The van der Waals surface area contributed by atoms with Crippen molar-refractivity contribution in [3.05, 3.63) is 57.5 Å². The Balaban J connectivity index is 1.74. The van der Waals surface area contributed by atoms with Crippen LogP contribution in [0, 0.1) is 34.6 Å². The van der Waals surface area contributed by atoms with E-state index in [0.29, 0.717) is 22.9 Å². The van der Waals surface area contributed by atoms with E-state index in [1.54, 1.807) is 13.8 Å². The molecule has 3 aromatic heterocycles. The number of rotatable bonds is 4. The summed E-state index contributed by atoms with van der Waals surface area (Å²) in [6, 6.07) is 0. The third kappa shape index (κ3) is 3.62. The molecule has 9 nitrogen and oxygen atoms in total. The molecule has 1 N–H and O–H groups in total. The summed E-state index contributed by atoms with van der Waals surface area (Å²) in [4.78, 5) is 41.5. The quantitative estimate of drug-likeness (QED) is 0.747. The summed E-state index contributed by atoms with van der Waals surface area (Å²) in [5.74, 6) is 0.922. The van der Waals surface area contributed by atoms with Crippen LogP contribution < -0.4 is 10.9 Å². The maximum Gasteiger partial charge on any atom is 0.256 e. The van der Waals surface area contributed by atoms with Gasteiger partial charge >= 0.3 is 0 Å². The summed E-state index contributed by atoms with van der Waals surface area (Å²) < 4.78 is 3.12. The highest BCUT2D eigenvalue weighted by Gasteiger charge is 2.12. The minimum atomic E-state index is -0.357. The topological polar surface area (TPSA) is 108 Å². The largest absolute Gasteiger partial charge is 0.322 e. The number of amides is 1. The van der Waals surface area contributed by atoms with Crippen molar-refractivity contribution in [1.82, 2.24) is 29.1 Å². The molecular weight excluding hydrogens is 346 g/mol. The van der Waals surface area contributed by atoms with Gasteiger partial charge in [0.2, 0.25) is 11.9 Å². The first-order chi connectivity index (χ1) is 12.8. The number of anilines is 1. The molecule has 0 unspecified atom stereocenters. The number of carbonyl (C=O) groups excluding carboxylic acids is 1. The van der Waals surface area contributed by atoms with Gasteiger partial charge in [0.15, 0.2) is 0 Å². The highest BCUT2D eigenvalue weighted by molar-refractivity contribution is 5.90. The molecular formula is C18H21N7O2. The summed E-state index contributed by atoms with van der Waals surface area (Å²) >= 11 is 0. The first kappa shape index (κ1) is 18.4. The molecule has 0 atom stereocenters. The fourth-order valence-corrected chi connectivity index (χ4v) is 2.72. The van der Waals surface area contributed by atoms with E-state index in [1.807, 2.05) is 25.3 Å². The fourth-order valence-electron chi connectivity index (χ4n) is 2.72. The molecule has 0 aromatic carbocycles. The third-order valence-electron chi connectivity index (χ3n) is 4.46. The molecule has 3 aromatic rings. The summed E-state index contributed by atoms with van der Waals surface area (Å²) in [6.07, 6.45) is 4.42. The molecule has 9 heteroatoms. The third-order valence-corrected chi connectivity index (χ3v) is 4.46. The lowest BCUT2D eigenvalue weighted by Crippen LogP contribution is -2.29. The van der Waals surface area contributed by atoms with E-state index in [2.05, 4.69) is 25.3 Å². The lowest BCUT2D eigenvalue weighted by molar-refractivity contribution is -0.116. The van der Waals surface area contributed by atoms with Crippen LogP contribution in [-0.2, 0) is 11.3 Å². The Kier molecular flexibility index (Phi) is 4.85. The van der Waals surface area contributed by atoms with Gasteiger partial charge in [-0.1, -0.05) is 0 Å². The van der Waals surface area contributed by atoms with Gasteiger partial charge in [0.05, 0.1) is 30.1 Å². The Morgan fingerprint density at radius 3 is 2.30 bits per heavy atom. The Labute approximate surface area is 156 Å². The van der Waals surface area contributed by atoms with E-state index in [1.165, 1.54) is 23.3 Å². The van der Waals surface area contributed by atoms with Crippen molar-refractivity contribution in [1.29, 1.82) is 0 Å². The van der Waals surface area contributed by atoms with Crippen LogP contribution in [0.1, 0.15) is 28.5 Å². The van der Waals surface area contributed by atoms with E-state index in [0.717, 1.165) is 17.2 Å². The number of imidazole rings is 1. The molecule has 0 bridgehead atoms. The van der Waals surface area contributed by atoms with Gasteiger partial charge in [0.25, 0.3) is 5.56 Å². The van der Waals surface area contributed by atoms with Crippen molar-refractivity contribution in [2.45, 2.75) is 41.2 Å². The van der Waals surface area contributed by atoms with Crippen LogP contribution in [0.5, 0.6) is 0 Å². The lowest BCUT2D eigenvalue weighted by atomic mass is 10.3. The van der Waals surface area contributed by atoms with Gasteiger partial charge in [-0.05, 0) is 34.6 Å². The van der Waals surface area contributed by atoms with Crippen molar-refractivity contribution in [2.75, 3.05) is 5.32 Å². The predicted octanol–water partition coefficient (Wildman–Crippen LogP) is 1.40. The maximum atomic E-state index is 12.2. The second kappa shape index (κ2) is 7.10. The summed E-state index contributed by atoms with van der Waals surface area (Å²) in [5.41, 5.74) is 3.28. The van der Waals surface area contributed by atoms with Crippen LogP contribution in [-0.4, -0.2) is 35.0 Å². The number of carbonyl (C=O) groups is 1. The molecule has 1 amide bonds. The number of hydrogen-bond acceptors (Lipinski definition) is 6. The maximum absolute atomic E-state index is 12.2. The van der Waals surface area contributed by atoms with E-state index in [9.17, 15) is 9.59 Å². The average Bonchev–Trinajstić information content (AvgIpc) is 2.88. The standard InChI is InChI=1S/C18H21N7O2/c1-10-11(2)21-9-24(17(10)27)8-16(26)23-15-6-19-18(20-7-15)25-13(4)12(3)22-14(25)5/h6-7,9H,8H2,1-5H3,(H,23,26). The van der Waals surface area contributed by atoms with Crippen molar-refractivity contribution < 1.29 is 4.79 Å². The Morgan fingerprint density at radius 2 is 1.70 bits per heavy atom. The zero-order chi connectivity index (χ0) is 19.7. The minimum Gasteiger partial charge on any atom is -0.322 e. The molecule has 3 heterocycles. The zero-order valence-corrected chi connectivity index (χ0v) is 15.9. The van der Waals surface area contributed by atoms with E-state index >= 15 is 0 Å². The van der Waals surface area contributed by atoms with Gasteiger partial charge in [-0.25, -0.2) is 19.9 Å². The van der Waals surface area contributed by atoms with Crippen molar-refractivity contribution >= 4 is 11.6 Å². The number of aromatic nitrogens is 6. The van der Waals surface area contributed by atoms with Crippen LogP contribution in [0.15, 0.2) is 23.5 Å². The summed E-state index contributed by atoms with van der Waals surface area (Å²) in [6.45, 7) is 9.07. The second-order valence-electron chi connectivity index (χ2n) is 6.37. The van der Waals surface area contributed by atoms with Gasteiger partial charge in [-0.2, -0.15) is 0 Å². The lowest BCUT2D eigenvalue weighted by Gasteiger charge is -2.09. The molecule has 0 aliphatic heterocycles. The van der Waals surface area contributed by atoms with Crippen LogP contribution >= 0.6 is 0 Å². The molecule has 0 spiro atoms. The second-order valence-corrected chi connectivity index (χ2v) is 6.37. The molecule has 3 rings (SSSR count). The number of nitrogens with one attached hydrogen (secondary N) is 1. The first-order valence-electron chi connectivity index (χ1n) is 8.45. The summed E-state index contributed by atoms with van der Waals surface area (Å²) in [5, 5.41) is 2.69. The molecule has 0 saturated heterocycles. The van der Waals surface area contributed by atoms with Crippen molar-refractivity contribution in [3.63, 3.8) is 0 Å². The van der Waals surface area contributed by atoms with Gasteiger partial charge < -0.3 is 5.32 Å². The molecule has 0 aliphatic rings. The molecule has 27 heavy (non-hydrogen) atoms. The van der Waals surface area contributed by atoms with Gasteiger partial charge in [-0.15, -0.1) is 0 Å². The van der Waals surface area contributed by atoms with Crippen LogP contribution in [0.2, 0.25) is 0 Å². The van der Waals surface area contributed by atoms with E-state index in [-0.39, 0.29) is 18.0 Å². The summed E-state index contributed by atoms with van der Waals surface area (Å²) in [7, 11) is 0. The molecule has 0 saturated carbocycles. The SMILES string of the molecule is Cc1ncn(CC(=O)Nc2cnc(-n3c(C)nc(C)c3C)nc2)c(=O)c1C. The molecule has 0 aliphatic carbocycles. The zero-order valence-electron chi connectivity index (χ0n) is 15.9. The molecule has 0 fully saturated rings. The van der Waals surface area contributed by atoms with Crippen LogP contribution in [0.4, 0.5) is 5.69 Å². The number of nitrogens with zero attached hydrogens (tertiary/aromatic N) is 6. The molecule has 0 radical (unpaired) electrons. The monoisotopic (exact) mass is 367 g/mol. The number of hydrogen-bond donors (Lipinski definition) is 1. The van der Waals surface area contributed by atoms with E-state index < -0.39 is 0 Å². The Hall–Kier alpha value is -3.36. The van der Waals surface area contributed by atoms with Gasteiger partial charge in [-0.3, -0.25) is 18.7 Å². The first-order valence-corrected chi connectivity index (χ1v) is 8.45. The number of aryl methyl sites for hydroxylation is 3.